The molecule has 2 aromatic heterocycles. The molecule has 0 spiro atoms. The van der Waals surface area contributed by atoms with E-state index in [4.69, 9.17) is 0 Å². The number of aliphatic hydroxyl groups excluding tert-OH is 1. The molecule has 4 rings (SSSR count). The second kappa shape index (κ2) is 10.4. The molecule has 0 aliphatic rings. The highest BCUT2D eigenvalue weighted by Crippen LogP contribution is 2.31. The molecule has 0 aliphatic carbocycles. The molecule has 7 nitrogen and oxygen atoms in total. The first-order valence-corrected chi connectivity index (χ1v) is 11.9. The van der Waals surface area contributed by atoms with E-state index in [1.54, 1.807) is 23.6 Å². The first-order chi connectivity index (χ1) is 17.1. The maximum Gasteiger partial charge on any atom is 0.254 e. The third kappa shape index (κ3) is 5.50. The van der Waals surface area contributed by atoms with E-state index < -0.39 is 41.0 Å². The van der Waals surface area contributed by atoms with Crippen molar-refractivity contribution in [2.45, 2.75) is 31.4 Å². The van der Waals surface area contributed by atoms with Crippen molar-refractivity contribution in [3.63, 3.8) is 0 Å². The van der Waals surface area contributed by atoms with Gasteiger partial charge in [0.1, 0.15) is 23.5 Å². The highest BCUT2D eigenvalue weighted by Gasteiger charge is 2.30. The summed E-state index contributed by atoms with van der Waals surface area (Å²) >= 11 is 1.23. The molecule has 2 amide bonds. The zero-order chi connectivity index (χ0) is 25.9. The lowest BCUT2D eigenvalue weighted by atomic mass is 9.82. The van der Waals surface area contributed by atoms with Crippen LogP contribution in [0.15, 0.2) is 72.1 Å². The number of aromatic amines is 1. The molecule has 2 heterocycles. The van der Waals surface area contributed by atoms with Gasteiger partial charge in [-0.3, -0.25) is 14.7 Å². The topological polar surface area (TPSA) is 107 Å². The number of benzene rings is 2. The molecule has 10 heteroatoms. The van der Waals surface area contributed by atoms with E-state index in [1.807, 2.05) is 44.2 Å². The minimum absolute atomic E-state index is 0.267. The molecule has 4 N–H and O–H groups in total. The average Bonchev–Trinajstić information content (AvgIpc) is 3.54. The monoisotopic (exact) mass is 510 g/mol. The zero-order valence-electron chi connectivity index (χ0n) is 19.5. The van der Waals surface area contributed by atoms with Crippen LogP contribution >= 0.6 is 11.3 Å². The lowest BCUT2D eigenvalue weighted by Gasteiger charge is -2.22. The highest BCUT2D eigenvalue weighted by molar-refractivity contribution is 7.10. The Balaban J connectivity index is 1.52. The molecule has 2 aromatic carbocycles. The Kier molecular flexibility index (Phi) is 7.27. The first kappa shape index (κ1) is 25.2. The maximum atomic E-state index is 13.5. The van der Waals surface area contributed by atoms with Crippen LogP contribution in [0.2, 0.25) is 0 Å². The van der Waals surface area contributed by atoms with Gasteiger partial charge in [-0.05, 0) is 34.7 Å². The number of aliphatic hydroxyl groups is 1. The summed E-state index contributed by atoms with van der Waals surface area (Å²) in [5.74, 6) is -3.11. The van der Waals surface area contributed by atoms with Crippen molar-refractivity contribution in [2.75, 3.05) is 5.32 Å². The SMILES string of the molecule is CC(C)(c1ccccc1)c1cc(NC(=O)[C@@H](NC(=O)C(O)c2cc(F)cc(F)c2)c2cccs2)[nH]n1. The highest BCUT2D eigenvalue weighted by atomic mass is 32.1. The Morgan fingerprint density at radius 1 is 1.00 bits per heavy atom. The van der Waals surface area contributed by atoms with Crippen LogP contribution in [-0.2, 0) is 15.0 Å². The number of hydrogen-bond acceptors (Lipinski definition) is 5. The fourth-order valence-electron chi connectivity index (χ4n) is 3.74. The normalized spacial score (nSPS) is 13.1. The number of anilines is 1. The van der Waals surface area contributed by atoms with Crippen LogP contribution in [0.3, 0.4) is 0 Å². The van der Waals surface area contributed by atoms with Gasteiger partial charge in [0, 0.05) is 22.4 Å². The van der Waals surface area contributed by atoms with Crippen LogP contribution < -0.4 is 10.6 Å². The third-order valence-electron chi connectivity index (χ3n) is 5.80. The number of hydrogen-bond donors (Lipinski definition) is 4. The van der Waals surface area contributed by atoms with Crippen molar-refractivity contribution in [1.29, 1.82) is 0 Å². The van der Waals surface area contributed by atoms with Crippen LogP contribution in [0.5, 0.6) is 0 Å². The molecule has 0 saturated carbocycles. The summed E-state index contributed by atoms with van der Waals surface area (Å²) in [4.78, 5) is 26.4. The number of nitrogens with one attached hydrogen (secondary N) is 3. The van der Waals surface area contributed by atoms with Gasteiger partial charge in [-0.1, -0.05) is 50.2 Å². The summed E-state index contributed by atoms with van der Waals surface area (Å²) in [5.41, 5.74) is 1.04. The fraction of sp³-hybridized carbons (Fsp3) is 0.192. The van der Waals surface area contributed by atoms with E-state index >= 15 is 0 Å². The minimum atomic E-state index is -1.88. The number of carbonyl (C=O) groups is 2. The van der Waals surface area contributed by atoms with Crippen LogP contribution in [0, 0.1) is 11.6 Å². The number of carbonyl (C=O) groups excluding carboxylic acids is 2. The molecular weight excluding hydrogens is 486 g/mol. The van der Waals surface area contributed by atoms with Gasteiger partial charge in [0.2, 0.25) is 0 Å². The third-order valence-corrected chi connectivity index (χ3v) is 6.73. The van der Waals surface area contributed by atoms with Crippen LogP contribution in [-0.4, -0.2) is 27.1 Å². The lowest BCUT2D eigenvalue weighted by molar-refractivity contribution is -0.133. The Labute approximate surface area is 210 Å². The molecule has 0 radical (unpaired) electrons. The van der Waals surface area contributed by atoms with Gasteiger partial charge in [-0.25, -0.2) is 8.78 Å². The van der Waals surface area contributed by atoms with Crippen molar-refractivity contribution in [3.8, 4) is 0 Å². The quantitative estimate of drug-likeness (QED) is 0.278. The summed E-state index contributed by atoms with van der Waals surface area (Å²) in [6.07, 6.45) is -1.88. The van der Waals surface area contributed by atoms with Gasteiger partial charge in [-0.2, -0.15) is 5.10 Å². The molecule has 0 bridgehead atoms. The second-order valence-corrected chi connectivity index (χ2v) is 9.69. The van der Waals surface area contributed by atoms with Crippen LogP contribution in [0.4, 0.5) is 14.6 Å². The van der Waals surface area contributed by atoms with Crippen molar-refractivity contribution >= 4 is 29.0 Å². The first-order valence-electron chi connectivity index (χ1n) is 11.1. The molecule has 0 saturated heterocycles. The molecule has 4 aromatic rings. The molecule has 36 heavy (non-hydrogen) atoms. The van der Waals surface area contributed by atoms with E-state index in [9.17, 15) is 23.5 Å². The predicted molar refractivity (Wildman–Crippen MR) is 132 cm³/mol. The Morgan fingerprint density at radius 2 is 1.69 bits per heavy atom. The standard InChI is InChI=1S/C26H24F2N4O3S/c1-26(2,16-7-4-3-5-8-16)20-14-21(32-31-20)29-24(34)22(19-9-6-10-36-19)30-25(35)23(33)15-11-17(27)13-18(28)12-15/h3-14,22-23,33H,1-2H3,(H,30,35)(H2,29,31,32,34)/t22-,23?/m0/s1. The van der Waals surface area contributed by atoms with Crippen molar-refractivity contribution in [1.82, 2.24) is 15.5 Å². The van der Waals surface area contributed by atoms with Gasteiger partial charge in [0.15, 0.2) is 6.10 Å². The summed E-state index contributed by atoms with van der Waals surface area (Å²) in [7, 11) is 0. The Bertz CT molecular complexity index is 1340. The van der Waals surface area contributed by atoms with E-state index in [1.165, 1.54) is 11.3 Å². The average molecular weight is 511 g/mol. The van der Waals surface area contributed by atoms with Gasteiger partial charge >= 0.3 is 0 Å². The summed E-state index contributed by atoms with van der Waals surface area (Å²) in [6, 6.07) is 16.0. The Hall–Kier alpha value is -3.89. The molecule has 0 fully saturated rings. The number of nitrogens with zero attached hydrogens (tertiary/aromatic N) is 1. The second-order valence-electron chi connectivity index (χ2n) is 8.71. The molecule has 0 aliphatic heterocycles. The summed E-state index contributed by atoms with van der Waals surface area (Å²) < 4.78 is 27.1. The number of rotatable bonds is 8. The summed E-state index contributed by atoms with van der Waals surface area (Å²) in [5, 5.41) is 24.4. The van der Waals surface area contributed by atoms with Gasteiger partial charge in [0.05, 0.1) is 5.69 Å². The number of amides is 2. The van der Waals surface area contributed by atoms with E-state index in [2.05, 4.69) is 20.8 Å². The number of H-pyrrole nitrogens is 1. The van der Waals surface area contributed by atoms with E-state index in [0.29, 0.717) is 22.5 Å². The molecule has 2 atom stereocenters. The smallest absolute Gasteiger partial charge is 0.254 e. The molecule has 1 unspecified atom stereocenters. The van der Waals surface area contributed by atoms with Crippen molar-refractivity contribution < 1.29 is 23.5 Å². The summed E-state index contributed by atoms with van der Waals surface area (Å²) in [6.45, 7) is 4.02. The predicted octanol–water partition coefficient (Wildman–Crippen LogP) is 4.60. The van der Waals surface area contributed by atoms with Gasteiger partial charge in [0.25, 0.3) is 11.8 Å². The number of halogens is 2. The lowest BCUT2D eigenvalue weighted by Crippen LogP contribution is -2.39. The van der Waals surface area contributed by atoms with Crippen LogP contribution in [0.1, 0.15) is 47.7 Å². The minimum Gasteiger partial charge on any atom is -0.378 e. The van der Waals surface area contributed by atoms with Crippen molar-refractivity contribution in [3.05, 3.63) is 105 Å². The fourth-order valence-corrected chi connectivity index (χ4v) is 4.51. The van der Waals surface area contributed by atoms with E-state index in [-0.39, 0.29) is 5.56 Å². The zero-order valence-corrected chi connectivity index (χ0v) is 20.3. The largest absolute Gasteiger partial charge is 0.378 e. The maximum absolute atomic E-state index is 13.5. The Morgan fingerprint density at radius 3 is 2.33 bits per heavy atom. The van der Waals surface area contributed by atoms with Gasteiger partial charge in [-0.15, -0.1) is 11.3 Å². The van der Waals surface area contributed by atoms with E-state index in [0.717, 1.165) is 17.7 Å². The van der Waals surface area contributed by atoms with Gasteiger partial charge < -0.3 is 15.7 Å². The van der Waals surface area contributed by atoms with Crippen molar-refractivity contribution in [2.24, 2.45) is 0 Å². The number of aromatic nitrogens is 2. The molecule has 186 valence electrons. The molecular formula is C26H24F2N4O3S. The van der Waals surface area contributed by atoms with Crippen LogP contribution in [0.25, 0.3) is 0 Å². The number of thiophene rings is 1.